The van der Waals surface area contributed by atoms with Crippen LogP contribution < -0.4 is 0 Å². The van der Waals surface area contributed by atoms with Crippen LogP contribution in [-0.4, -0.2) is 60.1 Å². The Morgan fingerprint density at radius 1 is 1.59 bits per heavy atom. The van der Waals surface area contributed by atoms with Gasteiger partial charge in [0, 0.05) is 26.6 Å². The maximum Gasteiger partial charge on any atom is 0.287 e. The summed E-state index contributed by atoms with van der Waals surface area (Å²) in [5, 5.41) is 19.6. The van der Waals surface area contributed by atoms with Gasteiger partial charge in [-0.2, -0.15) is 0 Å². The molecule has 1 aliphatic carbocycles. The van der Waals surface area contributed by atoms with E-state index in [1.165, 1.54) is 0 Å². The molecular weight excluding hydrogens is 220 g/mol. The van der Waals surface area contributed by atoms with Crippen molar-refractivity contribution in [1.82, 2.24) is 4.90 Å². The van der Waals surface area contributed by atoms with Gasteiger partial charge in [-0.3, -0.25) is 0 Å². The van der Waals surface area contributed by atoms with E-state index in [4.69, 9.17) is 4.74 Å². The molecule has 0 aromatic carbocycles. The van der Waals surface area contributed by atoms with E-state index in [1.807, 2.05) is 14.1 Å². The van der Waals surface area contributed by atoms with Crippen LogP contribution in [0.3, 0.4) is 0 Å². The fourth-order valence-corrected chi connectivity index (χ4v) is 2.64. The number of aliphatic hydroxyl groups is 2. The number of rotatable bonds is 2. The average molecular weight is 240 g/mol. The van der Waals surface area contributed by atoms with Crippen LogP contribution in [0.25, 0.3) is 0 Å². The van der Waals surface area contributed by atoms with Gasteiger partial charge in [0.1, 0.15) is 12.1 Å². The molecule has 1 aliphatic heterocycles. The molecule has 0 saturated heterocycles. The molecule has 1 heterocycles. The second-order valence-corrected chi connectivity index (χ2v) is 4.93. The molecule has 0 amide bonds. The molecule has 96 valence electrons. The van der Waals surface area contributed by atoms with Gasteiger partial charge in [-0.05, 0) is 12.3 Å². The SMILES string of the molecule is C=CC1C(CO)CC2OC(N(C)C)=NC2C1O. The van der Waals surface area contributed by atoms with Crippen LogP contribution in [0.5, 0.6) is 0 Å². The van der Waals surface area contributed by atoms with E-state index in [9.17, 15) is 10.2 Å². The third-order valence-electron chi connectivity index (χ3n) is 3.61. The minimum Gasteiger partial charge on any atom is -0.459 e. The number of nitrogens with zero attached hydrogens (tertiary/aromatic N) is 2. The van der Waals surface area contributed by atoms with E-state index in [-0.39, 0.29) is 30.6 Å². The molecule has 5 nitrogen and oxygen atoms in total. The van der Waals surface area contributed by atoms with Gasteiger partial charge in [0.15, 0.2) is 0 Å². The first-order valence-corrected chi connectivity index (χ1v) is 5.91. The van der Waals surface area contributed by atoms with Crippen molar-refractivity contribution in [2.45, 2.75) is 24.7 Å². The Hall–Kier alpha value is -1.07. The maximum absolute atomic E-state index is 10.3. The summed E-state index contributed by atoms with van der Waals surface area (Å²) in [6, 6.07) is 0.318. The van der Waals surface area contributed by atoms with Crippen LogP contribution in [0.4, 0.5) is 0 Å². The molecule has 0 aromatic heterocycles. The number of aliphatic imine (C=N–C) groups is 1. The highest BCUT2D eigenvalue weighted by atomic mass is 16.5. The zero-order valence-corrected chi connectivity index (χ0v) is 10.3. The molecule has 17 heavy (non-hydrogen) atoms. The van der Waals surface area contributed by atoms with Crippen molar-refractivity contribution in [3.8, 4) is 0 Å². The minimum atomic E-state index is -0.624. The number of fused-ring (bicyclic) bond motifs is 1. The summed E-state index contributed by atoms with van der Waals surface area (Å²) >= 11 is 0. The largest absolute Gasteiger partial charge is 0.459 e. The highest BCUT2D eigenvalue weighted by Gasteiger charge is 2.47. The summed E-state index contributed by atoms with van der Waals surface area (Å²) in [4.78, 5) is 6.19. The Morgan fingerprint density at radius 2 is 2.29 bits per heavy atom. The lowest BCUT2D eigenvalue weighted by Gasteiger charge is -2.38. The Labute approximate surface area is 101 Å². The van der Waals surface area contributed by atoms with Gasteiger partial charge in [0.25, 0.3) is 6.02 Å². The second-order valence-electron chi connectivity index (χ2n) is 4.93. The van der Waals surface area contributed by atoms with Gasteiger partial charge < -0.3 is 19.8 Å². The third-order valence-corrected chi connectivity index (χ3v) is 3.61. The van der Waals surface area contributed by atoms with Crippen molar-refractivity contribution >= 4 is 6.02 Å². The standard InChI is InChI=1S/C12H20N2O3/c1-4-8-7(6-15)5-9-10(11(8)16)13-12(17-9)14(2)3/h4,7-11,15-16H,1,5-6H2,2-3H3. The van der Waals surface area contributed by atoms with Crippen molar-refractivity contribution in [2.75, 3.05) is 20.7 Å². The van der Waals surface area contributed by atoms with Crippen molar-refractivity contribution in [3.63, 3.8) is 0 Å². The molecule has 0 radical (unpaired) electrons. The minimum absolute atomic E-state index is 0.000428. The summed E-state index contributed by atoms with van der Waals surface area (Å²) in [5.74, 6) is -0.115. The summed E-state index contributed by atoms with van der Waals surface area (Å²) in [6.45, 7) is 3.77. The molecule has 5 heteroatoms. The first kappa shape index (κ1) is 12.4. The quantitative estimate of drug-likeness (QED) is 0.659. The molecule has 5 atom stereocenters. The van der Waals surface area contributed by atoms with E-state index in [1.54, 1.807) is 11.0 Å². The first-order valence-electron chi connectivity index (χ1n) is 5.91. The highest BCUT2D eigenvalue weighted by Crippen LogP contribution is 2.37. The summed E-state index contributed by atoms with van der Waals surface area (Å²) in [7, 11) is 3.72. The fraction of sp³-hybridized carbons (Fsp3) is 0.750. The number of amidine groups is 1. The molecule has 1 saturated carbocycles. The van der Waals surface area contributed by atoms with Crippen LogP contribution in [0, 0.1) is 11.8 Å². The first-order chi connectivity index (χ1) is 8.08. The zero-order valence-electron chi connectivity index (χ0n) is 10.3. The number of aliphatic hydroxyl groups excluding tert-OH is 2. The summed E-state index contributed by atoms with van der Waals surface area (Å²) in [6.07, 6.45) is 1.66. The van der Waals surface area contributed by atoms with Crippen molar-refractivity contribution in [1.29, 1.82) is 0 Å². The van der Waals surface area contributed by atoms with E-state index in [0.29, 0.717) is 12.4 Å². The lowest BCUT2D eigenvalue weighted by atomic mass is 9.74. The Morgan fingerprint density at radius 3 is 2.82 bits per heavy atom. The van der Waals surface area contributed by atoms with Crippen LogP contribution in [-0.2, 0) is 4.74 Å². The molecule has 2 N–H and O–H groups in total. The van der Waals surface area contributed by atoms with Gasteiger partial charge in [0.05, 0.1) is 6.10 Å². The second kappa shape index (κ2) is 4.66. The van der Waals surface area contributed by atoms with Gasteiger partial charge in [-0.15, -0.1) is 6.58 Å². The molecule has 0 aromatic rings. The van der Waals surface area contributed by atoms with Gasteiger partial charge >= 0.3 is 0 Å². The predicted molar refractivity (Wildman–Crippen MR) is 64.7 cm³/mol. The Bertz CT molecular complexity index is 330. The normalized spacial score (nSPS) is 40.2. The average Bonchev–Trinajstić information content (AvgIpc) is 2.73. The van der Waals surface area contributed by atoms with Gasteiger partial charge in [-0.25, -0.2) is 4.99 Å². The zero-order chi connectivity index (χ0) is 12.6. The lowest BCUT2D eigenvalue weighted by molar-refractivity contribution is -0.0290. The van der Waals surface area contributed by atoms with E-state index in [0.717, 1.165) is 0 Å². The molecule has 0 spiro atoms. The maximum atomic E-state index is 10.3. The van der Waals surface area contributed by atoms with E-state index >= 15 is 0 Å². The van der Waals surface area contributed by atoms with Crippen LogP contribution >= 0.6 is 0 Å². The lowest BCUT2D eigenvalue weighted by Crippen LogP contribution is -2.48. The van der Waals surface area contributed by atoms with Gasteiger partial charge in [-0.1, -0.05) is 6.08 Å². The molecule has 2 rings (SSSR count). The Balaban J connectivity index is 2.18. The fourth-order valence-electron chi connectivity index (χ4n) is 2.64. The molecule has 5 unspecified atom stereocenters. The topological polar surface area (TPSA) is 65.3 Å². The van der Waals surface area contributed by atoms with Crippen molar-refractivity contribution in [2.24, 2.45) is 16.8 Å². The monoisotopic (exact) mass is 240 g/mol. The van der Waals surface area contributed by atoms with E-state index in [2.05, 4.69) is 11.6 Å². The molecule has 2 aliphatic rings. The smallest absolute Gasteiger partial charge is 0.287 e. The van der Waals surface area contributed by atoms with Crippen LogP contribution in [0.15, 0.2) is 17.6 Å². The number of hydrogen-bond acceptors (Lipinski definition) is 5. The summed E-state index contributed by atoms with van der Waals surface area (Å²) < 4.78 is 5.69. The highest BCUT2D eigenvalue weighted by molar-refractivity contribution is 5.75. The van der Waals surface area contributed by atoms with Gasteiger partial charge in [0.2, 0.25) is 0 Å². The Kier molecular flexibility index (Phi) is 3.40. The van der Waals surface area contributed by atoms with Crippen LogP contribution in [0.2, 0.25) is 0 Å². The van der Waals surface area contributed by atoms with Crippen molar-refractivity contribution in [3.05, 3.63) is 12.7 Å². The predicted octanol–water partition coefficient (Wildman–Crippen LogP) is -0.153. The number of hydrogen-bond donors (Lipinski definition) is 2. The molecular formula is C12H20N2O3. The third kappa shape index (κ3) is 2.05. The van der Waals surface area contributed by atoms with Crippen molar-refractivity contribution < 1.29 is 14.9 Å². The number of ether oxygens (including phenoxy) is 1. The van der Waals surface area contributed by atoms with Crippen LogP contribution in [0.1, 0.15) is 6.42 Å². The molecule has 1 fully saturated rings. The summed E-state index contributed by atoms with van der Waals surface area (Å²) in [5.41, 5.74) is 0. The molecule has 0 bridgehead atoms. The van der Waals surface area contributed by atoms with E-state index < -0.39 is 6.10 Å².